The van der Waals surface area contributed by atoms with Gasteiger partial charge in [0.2, 0.25) is 5.91 Å². The van der Waals surface area contributed by atoms with E-state index in [4.69, 9.17) is 9.72 Å². The van der Waals surface area contributed by atoms with Crippen molar-refractivity contribution in [2.24, 2.45) is 0 Å². The monoisotopic (exact) mass is 336 g/mol. The van der Waals surface area contributed by atoms with Crippen LogP contribution in [0.1, 0.15) is 12.5 Å². The molecule has 1 aromatic heterocycles. The number of nitrogens with one attached hydrogen (secondary N) is 1. The molecule has 0 atom stereocenters. The Morgan fingerprint density at radius 3 is 3.00 bits per heavy atom. The Balaban J connectivity index is 1.65. The molecule has 4 rings (SSSR count). The van der Waals surface area contributed by atoms with Gasteiger partial charge in [-0.25, -0.2) is 4.98 Å². The van der Waals surface area contributed by atoms with Crippen molar-refractivity contribution in [3.05, 3.63) is 53.4 Å². The number of benzene rings is 2. The highest BCUT2D eigenvalue weighted by Crippen LogP contribution is 2.33. The topological polar surface area (TPSA) is 51.2 Å². The Hall–Kier alpha value is -2.66. The molecular formula is C19H16N2O2S. The molecular weight excluding hydrogens is 320 g/mol. The van der Waals surface area contributed by atoms with Gasteiger partial charge < -0.3 is 10.1 Å². The fraction of sp³-hybridized carbons (Fsp3) is 0.158. The summed E-state index contributed by atoms with van der Waals surface area (Å²) in [6.07, 6.45) is 0.441. The van der Waals surface area contributed by atoms with Crippen LogP contribution in [0.5, 0.6) is 5.75 Å². The Bertz CT molecular complexity index is 917. The van der Waals surface area contributed by atoms with Gasteiger partial charge in [-0.3, -0.25) is 4.79 Å². The number of carbonyl (C=O) groups is 1. The summed E-state index contributed by atoms with van der Waals surface area (Å²) in [7, 11) is 0. The van der Waals surface area contributed by atoms with E-state index in [2.05, 4.69) is 10.7 Å². The molecule has 4 nitrogen and oxygen atoms in total. The molecule has 5 heteroatoms. The quantitative estimate of drug-likeness (QED) is 0.769. The second-order valence-corrected chi connectivity index (χ2v) is 6.45. The Kier molecular flexibility index (Phi) is 3.78. The molecule has 0 spiro atoms. The van der Waals surface area contributed by atoms with E-state index >= 15 is 0 Å². The maximum absolute atomic E-state index is 11.5. The molecule has 1 N–H and O–H groups in total. The number of thiazole rings is 1. The largest absolute Gasteiger partial charge is 0.494 e. The molecule has 0 saturated heterocycles. The van der Waals surface area contributed by atoms with Gasteiger partial charge in [-0.05, 0) is 36.8 Å². The number of amides is 1. The molecule has 3 aromatic rings. The molecule has 1 aliphatic heterocycles. The number of anilines is 1. The van der Waals surface area contributed by atoms with Crippen LogP contribution in [-0.4, -0.2) is 17.5 Å². The number of fused-ring (bicyclic) bond motifs is 1. The Labute approximate surface area is 144 Å². The Morgan fingerprint density at radius 1 is 1.21 bits per heavy atom. The average Bonchev–Trinajstić information content (AvgIpc) is 3.20. The van der Waals surface area contributed by atoms with Crippen LogP contribution < -0.4 is 10.1 Å². The smallest absolute Gasteiger partial charge is 0.228 e. The SMILES string of the molecule is CCOc1cccc(-c2nc(-c3ccc4c(c3)CC(=O)N4)cs2)c1. The van der Waals surface area contributed by atoms with E-state index in [1.165, 1.54) is 0 Å². The predicted molar refractivity (Wildman–Crippen MR) is 96.5 cm³/mol. The van der Waals surface area contributed by atoms with Gasteiger partial charge in [0.15, 0.2) is 0 Å². The molecule has 0 bridgehead atoms. The zero-order valence-electron chi connectivity index (χ0n) is 13.2. The summed E-state index contributed by atoms with van der Waals surface area (Å²) in [4.78, 5) is 16.2. The molecule has 2 aromatic carbocycles. The summed E-state index contributed by atoms with van der Waals surface area (Å²) in [6.45, 7) is 2.62. The van der Waals surface area contributed by atoms with Crippen LogP contribution in [0.4, 0.5) is 5.69 Å². The summed E-state index contributed by atoms with van der Waals surface area (Å²) in [5.41, 5.74) is 4.96. The van der Waals surface area contributed by atoms with E-state index in [0.29, 0.717) is 13.0 Å². The molecule has 0 radical (unpaired) electrons. The first-order valence-electron chi connectivity index (χ1n) is 7.85. The second-order valence-electron chi connectivity index (χ2n) is 5.60. The van der Waals surface area contributed by atoms with Gasteiger partial charge in [-0.15, -0.1) is 11.3 Å². The van der Waals surface area contributed by atoms with Gasteiger partial charge in [0.25, 0.3) is 0 Å². The molecule has 1 amide bonds. The highest BCUT2D eigenvalue weighted by molar-refractivity contribution is 7.13. The van der Waals surface area contributed by atoms with Crippen molar-refractivity contribution in [3.8, 4) is 27.6 Å². The van der Waals surface area contributed by atoms with E-state index in [0.717, 1.165) is 38.8 Å². The zero-order chi connectivity index (χ0) is 16.5. The van der Waals surface area contributed by atoms with E-state index in [1.807, 2.05) is 49.4 Å². The average molecular weight is 336 g/mol. The van der Waals surface area contributed by atoms with Crippen molar-refractivity contribution in [3.63, 3.8) is 0 Å². The van der Waals surface area contributed by atoms with Crippen LogP contribution in [0, 0.1) is 0 Å². The van der Waals surface area contributed by atoms with Crippen molar-refractivity contribution >= 4 is 22.9 Å². The third-order valence-corrected chi connectivity index (χ3v) is 4.81. The third-order valence-electron chi connectivity index (χ3n) is 3.92. The molecule has 1 aliphatic rings. The molecule has 2 heterocycles. The number of nitrogens with zero attached hydrogens (tertiary/aromatic N) is 1. The number of hydrogen-bond acceptors (Lipinski definition) is 4. The third kappa shape index (κ3) is 2.78. The lowest BCUT2D eigenvalue weighted by molar-refractivity contribution is -0.115. The predicted octanol–water partition coefficient (Wildman–Crippen LogP) is 4.37. The van der Waals surface area contributed by atoms with Crippen LogP contribution in [0.3, 0.4) is 0 Å². The molecule has 24 heavy (non-hydrogen) atoms. The second kappa shape index (κ2) is 6.09. The van der Waals surface area contributed by atoms with E-state index < -0.39 is 0 Å². The van der Waals surface area contributed by atoms with Gasteiger partial charge in [0.05, 0.1) is 18.7 Å². The minimum Gasteiger partial charge on any atom is -0.494 e. The van der Waals surface area contributed by atoms with Crippen molar-refractivity contribution in [1.82, 2.24) is 4.98 Å². The number of aromatic nitrogens is 1. The summed E-state index contributed by atoms with van der Waals surface area (Å²) in [5.74, 6) is 0.905. The zero-order valence-corrected chi connectivity index (χ0v) is 14.0. The van der Waals surface area contributed by atoms with Crippen molar-refractivity contribution < 1.29 is 9.53 Å². The summed E-state index contributed by atoms with van der Waals surface area (Å²) in [5, 5.41) is 5.86. The fourth-order valence-electron chi connectivity index (χ4n) is 2.81. The van der Waals surface area contributed by atoms with Crippen LogP contribution in [0.15, 0.2) is 47.8 Å². The van der Waals surface area contributed by atoms with Crippen LogP contribution in [0.2, 0.25) is 0 Å². The number of rotatable bonds is 4. The van der Waals surface area contributed by atoms with Gasteiger partial charge in [0.1, 0.15) is 10.8 Å². The number of hydrogen-bond donors (Lipinski definition) is 1. The maximum atomic E-state index is 11.5. The normalized spacial score (nSPS) is 12.8. The molecule has 0 aliphatic carbocycles. The van der Waals surface area contributed by atoms with E-state index in [1.54, 1.807) is 11.3 Å². The lowest BCUT2D eigenvalue weighted by Crippen LogP contribution is -2.03. The lowest BCUT2D eigenvalue weighted by Gasteiger charge is -2.04. The minimum atomic E-state index is 0.0499. The van der Waals surface area contributed by atoms with Gasteiger partial charge in [0, 0.05) is 22.2 Å². The standard InChI is InChI=1S/C19H16N2O2S/c1-2-23-15-5-3-4-13(9-15)19-21-17(11-24-19)12-6-7-16-14(8-12)10-18(22)20-16/h3-9,11H,2,10H2,1H3,(H,20,22). The Morgan fingerprint density at radius 2 is 2.12 bits per heavy atom. The minimum absolute atomic E-state index is 0.0499. The fourth-order valence-corrected chi connectivity index (χ4v) is 3.64. The highest BCUT2D eigenvalue weighted by atomic mass is 32.1. The number of carbonyl (C=O) groups excluding carboxylic acids is 1. The molecule has 0 saturated carbocycles. The highest BCUT2D eigenvalue weighted by Gasteiger charge is 2.18. The summed E-state index contributed by atoms with van der Waals surface area (Å²) in [6, 6.07) is 14.0. The lowest BCUT2D eigenvalue weighted by atomic mass is 10.1. The molecule has 0 unspecified atom stereocenters. The summed E-state index contributed by atoms with van der Waals surface area (Å²) < 4.78 is 5.56. The van der Waals surface area contributed by atoms with Gasteiger partial charge in [-0.2, -0.15) is 0 Å². The summed E-state index contributed by atoms with van der Waals surface area (Å²) >= 11 is 1.61. The van der Waals surface area contributed by atoms with Gasteiger partial charge in [-0.1, -0.05) is 18.2 Å². The first kappa shape index (κ1) is 14.9. The first-order valence-corrected chi connectivity index (χ1v) is 8.73. The van der Waals surface area contributed by atoms with Crippen molar-refractivity contribution in [2.75, 3.05) is 11.9 Å². The van der Waals surface area contributed by atoms with Gasteiger partial charge >= 0.3 is 0 Å². The van der Waals surface area contributed by atoms with E-state index in [9.17, 15) is 4.79 Å². The van der Waals surface area contributed by atoms with Crippen molar-refractivity contribution in [1.29, 1.82) is 0 Å². The van der Waals surface area contributed by atoms with Crippen molar-refractivity contribution in [2.45, 2.75) is 13.3 Å². The molecule has 120 valence electrons. The van der Waals surface area contributed by atoms with Crippen LogP contribution >= 0.6 is 11.3 Å². The van der Waals surface area contributed by atoms with Crippen LogP contribution in [-0.2, 0) is 11.2 Å². The van der Waals surface area contributed by atoms with E-state index in [-0.39, 0.29) is 5.91 Å². The maximum Gasteiger partial charge on any atom is 0.228 e. The van der Waals surface area contributed by atoms with Crippen LogP contribution in [0.25, 0.3) is 21.8 Å². The first-order chi connectivity index (χ1) is 11.7. The number of ether oxygens (including phenoxy) is 1. The molecule has 0 fully saturated rings.